The Kier molecular flexibility index (Phi) is 4.87. The van der Waals surface area contributed by atoms with Crippen LogP contribution in [0.3, 0.4) is 0 Å². The maximum Gasteiger partial charge on any atom is 0.0494 e. The number of thiophene rings is 1. The molecule has 2 rings (SSSR count). The molecule has 0 aliphatic heterocycles. The second kappa shape index (κ2) is 6.45. The Morgan fingerprint density at radius 2 is 1.75 bits per heavy atom. The second-order valence-electron chi connectivity index (χ2n) is 6.02. The highest BCUT2D eigenvalue weighted by Gasteiger charge is 2.09. The third-order valence-electron chi connectivity index (χ3n) is 3.61. The zero-order valence-electron chi connectivity index (χ0n) is 13.2. The van der Waals surface area contributed by atoms with Crippen LogP contribution in [-0.4, -0.2) is 0 Å². The largest absolute Gasteiger partial charge is 0.380 e. The van der Waals surface area contributed by atoms with Gasteiger partial charge in [-0.1, -0.05) is 39.8 Å². The SMILES string of the molecule is Cc1ccc(CNc2ccc(C(C)C)cc2C(C)C)s1. The van der Waals surface area contributed by atoms with Crippen LogP contribution in [0.4, 0.5) is 5.69 Å². The maximum atomic E-state index is 3.60. The molecule has 1 nitrogen and oxygen atoms in total. The van der Waals surface area contributed by atoms with Gasteiger partial charge in [-0.15, -0.1) is 11.3 Å². The summed E-state index contributed by atoms with van der Waals surface area (Å²) in [4.78, 5) is 2.77. The molecule has 2 heteroatoms. The molecule has 1 N–H and O–H groups in total. The van der Waals surface area contributed by atoms with Gasteiger partial charge in [-0.2, -0.15) is 0 Å². The third-order valence-corrected chi connectivity index (χ3v) is 4.61. The van der Waals surface area contributed by atoms with Crippen molar-refractivity contribution in [3.8, 4) is 0 Å². The second-order valence-corrected chi connectivity index (χ2v) is 7.39. The zero-order chi connectivity index (χ0) is 14.7. The summed E-state index contributed by atoms with van der Waals surface area (Å²) in [6, 6.07) is 11.2. The molecular weight excluding hydrogens is 262 g/mol. The van der Waals surface area contributed by atoms with Gasteiger partial charge in [0.05, 0.1) is 0 Å². The number of aryl methyl sites for hydroxylation is 1. The van der Waals surface area contributed by atoms with Gasteiger partial charge in [0, 0.05) is 22.0 Å². The molecule has 0 fully saturated rings. The Labute approximate surface area is 127 Å². The van der Waals surface area contributed by atoms with Crippen LogP contribution in [0, 0.1) is 6.92 Å². The quantitative estimate of drug-likeness (QED) is 0.720. The number of hydrogen-bond acceptors (Lipinski definition) is 2. The van der Waals surface area contributed by atoms with Crippen molar-refractivity contribution >= 4 is 17.0 Å². The molecule has 0 spiro atoms. The van der Waals surface area contributed by atoms with Crippen LogP contribution in [0.25, 0.3) is 0 Å². The van der Waals surface area contributed by atoms with Crippen LogP contribution in [0.5, 0.6) is 0 Å². The zero-order valence-corrected chi connectivity index (χ0v) is 14.0. The lowest BCUT2D eigenvalue weighted by atomic mass is 9.94. The van der Waals surface area contributed by atoms with Crippen LogP contribution in [0.1, 0.15) is 60.4 Å². The van der Waals surface area contributed by atoms with E-state index < -0.39 is 0 Å². The normalized spacial score (nSPS) is 11.3. The summed E-state index contributed by atoms with van der Waals surface area (Å²) >= 11 is 1.87. The van der Waals surface area contributed by atoms with Crippen molar-refractivity contribution in [3.05, 3.63) is 51.2 Å². The minimum absolute atomic E-state index is 0.543. The summed E-state index contributed by atoms with van der Waals surface area (Å²) in [6.45, 7) is 12.1. The van der Waals surface area contributed by atoms with Gasteiger partial charge in [-0.05, 0) is 48.1 Å². The molecule has 0 atom stereocenters. The van der Waals surface area contributed by atoms with E-state index in [2.05, 4.69) is 70.3 Å². The first kappa shape index (κ1) is 15.1. The first-order valence-corrected chi connectivity index (χ1v) is 8.22. The Bertz CT molecular complexity index is 567. The molecule has 108 valence electrons. The fourth-order valence-corrected chi connectivity index (χ4v) is 3.17. The van der Waals surface area contributed by atoms with Crippen LogP contribution >= 0.6 is 11.3 Å². The summed E-state index contributed by atoms with van der Waals surface area (Å²) < 4.78 is 0. The van der Waals surface area contributed by atoms with Crippen LogP contribution in [-0.2, 0) is 6.54 Å². The molecule has 0 amide bonds. The fourth-order valence-electron chi connectivity index (χ4n) is 2.34. The van der Waals surface area contributed by atoms with Crippen molar-refractivity contribution in [2.24, 2.45) is 0 Å². The topological polar surface area (TPSA) is 12.0 Å². The highest BCUT2D eigenvalue weighted by Crippen LogP contribution is 2.29. The van der Waals surface area contributed by atoms with Gasteiger partial charge in [-0.3, -0.25) is 0 Å². The lowest BCUT2D eigenvalue weighted by Gasteiger charge is -2.17. The van der Waals surface area contributed by atoms with E-state index >= 15 is 0 Å². The summed E-state index contributed by atoms with van der Waals surface area (Å²) in [5.74, 6) is 1.13. The molecule has 0 aliphatic carbocycles. The lowest BCUT2D eigenvalue weighted by molar-refractivity contribution is 0.833. The molecule has 1 aromatic carbocycles. The first-order chi connectivity index (χ1) is 9.47. The molecule has 0 saturated heterocycles. The predicted octanol–water partition coefficient (Wildman–Crippen LogP) is 5.92. The molecule has 0 aliphatic rings. The van der Waals surface area contributed by atoms with E-state index in [0.29, 0.717) is 11.8 Å². The van der Waals surface area contributed by atoms with Gasteiger partial charge in [-0.25, -0.2) is 0 Å². The molecule has 2 aromatic rings. The van der Waals surface area contributed by atoms with Crippen LogP contribution in [0.15, 0.2) is 30.3 Å². The summed E-state index contributed by atoms with van der Waals surface area (Å²) in [5.41, 5.74) is 4.12. The molecule has 20 heavy (non-hydrogen) atoms. The monoisotopic (exact) mass is 287 g/mol. The van der Waals surface area contributed by atoms with Gasteiger partial charge in [0.1, 0.15) is 0 Å². The van der Waals surface area contributed by atoms with Crippen LogP contribution in [0.2, 0.25) is 0 Å². The van der Waals surface area contributed by atoms with E-state index in [1.54, 1.807) is 0 Å². The Hall–Kier alpha value is -1.28. The van der Waals surface area contributed by atoms with Crippen molar-refractivity contribution in [1.29, 1.82) is 0 Å². The first-order valence-electron chi connectivity index (χ1n) is 7.40. The Morgan fingerprint density at radius 3 is 2.30 bits per heavy atom. The molecule has 0 unspecified atom stereocenters. The van der Waals surface area contributed by atoms with Gasteiger partial charge in [0.2, 0.25) is 0 Å². The molecular formula is C18H25NS. The smallest absolute Gasteiger partial charge is 0.0494 e. The van der Waals surface area contributed by atoms with Crippen molar-refractivity contribution in [2.45, 2.75) is 53.0 Å². The van der Waals surface area contributed by atoms with Gasteiger partial charge >= 0.3 is 0 Å². The van der Waals surface area contributed by atoms with Gasteiger partial charge in [0.15, 0.2) is 0 Å². The van der Waals surface area contributed by atoms with E-state index in [1.165, 1.54) is 26.6 Å². The van der Waals surface area contributed by atoms with E-state index in [0.717, 1.165) is 6.54 Å². The number of anilines is 1. The number of benzene rings is 1. The lowest BCUT2D eigenvalue weighted by Crippen LogP contribution is -2.03. The number of rotatable bonds is 5. The average molecular weight is 287 g/mol. The summed E-state index contributed by atoms with van der Waals surface area (Å²) in [5, 5.41) is 3.60. The number of nitrogens with one attached hydrogen (secondary N) is 1. The Balaban J connectivity index is 2.18. The highest BCUT2D eigenvalue weighted by molar-refractivity contribution is 7.11. The highest BCUT2D eigenvalue weighted by atomic mass is 32.1. The van der Waals surface area contributed by atoms with Crippen molar-refractivity contribution in [1.82, 2.24) is 0 Å². The average Bonchev–Trinajstić information content (AvgIpc) is 2.81. The summed E-state index contributed by atoms with van der Waals surface area (Å²) in [7, 11) is 0. The number of hydrogen-bond donors (Lipinski definition) is 1. The molecule has 1 heterocycles. The molecule has 0 saturated carbocycles. The van der Waals surface area contributed by atoms with E-state index in [9.17, 15) is 0 Å². The van der Waals surface area contributed by atoms with Gasteiger partial charge in [0.25, 0.3) is 0 Å². The minimum Gasteiger partial charge on any atom is -0.380 e. The Morgan fingerprint density at radius 1 is 1.00 bits per heavy atom. The van der Waals surface area contributed by atoms with E-state index in [1.807, 2.05) is 11.3 Å². The van der Waals surface area contributed by atoms with Crippen molar-refractivity contribution < 1.29 is 0 Å². The molecule has 0 bridgehead atoms. The fraction of sp³-hybridized carbons (Fsp3) is 0.444. The van der Waals surface area contributed by atoms with Crippen molar-refractivity contribution in [2.75, 3.05) is 5.32 Å². The predicted molar refractivity (Wildman–Crippen MR) is 91.0 cm³/mol. The molecule has 0 radical (unpaired) electrons. The van der Waals surface area contributed by atoms with Gasteiger partial charge < -0.3 is 5.32 Å². The van der Waals surface area contributed by atoms with Crippen molar-refractivity contribution in [3.63, 3.8) is 0 Å². The van der Waals surface area contributed by atoms with E-state index in [4.69, 9.17) is 0 Å². The molecule has 1 aromatic heterocycles. The standard InChI is InChI=1S/C18H25NS/c1-12(2)15-7-9-18(17(10-15)13(3)4)19-11-16-8-6-14(5)20-16/h6-10,12-13,19H,11H2,1-5H3. The minimum atomic E-state index is 0.543. The summed E-state index contributed by atoms with van der Waals surface area (Å²) in [6.07, 6.45) is 0. The van der Waals surface area contributed by atoms with E-state index in [-0.39, 0.29) is 0 Å². The maximum absolute atomic E-state index is 3.60. The van der Waals surface area contributed by atoms with Crippen LogP contribution < -0.4 is 5.32 Å². The third kappa shape index (κ3) is 3.63.